The van der Waals surface area contributed by atoms with E-state index in [4.69, 9.17) is 9.15 Å². The molecule has 0 aliphatic heterocycles. The standard InChI is InChI=1S/C25H24N2O5/c28-18-26-22(16-20-10-5-2-6-11-20)25(30)27-21(14-13-19-8-3-1-4-9-19)23(29)17-32-24-12-7-15-31-24/h1-12,15,21-22H,13-14,16-17H2,(H,27,30)/t21-,22-/m0/s1. The molecule has 0 saturated carbocycles. The number of hydrogen-bond acceptors (Lipinski definition) is 6. The van der Waals surface area contributed by atoms with Crippen LogP contribution in [0, 0.1) is 0 Å². The summed E-state index contributed by atoms with van der Waals surface area (Å²) in [7, 11) is 0. The molecule has 1 amide bonds. The predicted molar refractivity (Wildman–Crippen MR) is 118 cm³/mol. The number of furan rings is 1. The van der Waals surface area contributed by atoms with Crippen molar-refractivity contribution in [1.29, 1.82) is 0 Å². The summed E-state index contributed by atoms with van der Waals surface area (Å²) in [6.45, 7) is -0.256. The number of ketones is 1. The van der Waals surface area contributed by atoms with E-state index in [1.54, 1.807) is 12.1 Å². The summed E-state index contributed by atoms with van der Waals surface area (Å²) in [5, 5.41) is 2.75. The number of aliphatic imine (C=N–C) groups is 1. The molecule has 3 aromatic rings. The second-order valence-electron chi connectivity index (χ2n) is 7.20. The number of hydrogen-bond donors (Lipinski definition) is 1. The Labute approximate surface area is 186 Å². The maximum atomic E-state index is 12.9. The molecule has 2 atom stereocenters. The number of rotatable bonds is 12. The number of aryl methyl sites for hydroxylation is 1. The molecular formula is C25H24N2O5. The van der Waals surface area contributed by atoms with Crippen LogP contribution in [0.1, 0.15) is 17.5 Å². The predicted octanol–water partition coefficient (Wildman–Crippen LogP) is 3.29. The van der Waals surface area contributed by atoms with Crippen molar-refractivity contribution in [3.63, 3.8) is 0 Å². The van der Waals surface area contributed by atoms with Gasteiger partial charge in [0.25, 0.3) is 5.95 Å². The molecule has 2 aromatic carbocycles. The number of isocyanates is 1. The van der Waals surface area contributed by atoms with Crippen molar-refractivity contribution in [1.82, 2.24) is 5.32 Å². The second kappa shape index (κ2) is 12.0. The Morgan fingerprint density at radius 2 is 1.66 bits per heavy atom. The zero-order valence-electron chi connectivity index (χ0n) is 17.5. The maximum Gasteiger partial charge on any atom is 0.284 e. The van der Waals surface area contributed by atoms with Crippen LogP contribution in [-0.4, -0.2) is 36.5 Å². The van der Waals surface area contributed by atoms with Crippen LogP contribution in [0.15, 0.2) is 88.5 Å². The number of carbonyl (C=O) groups excluding carboxylic acids is 3. The highest BCUT2D eigenvalue weighted by molar-refractivity contribution is 5.92. The van der Waals surface area contributed by atoms with Gasteiger partial charge in [0.1, 0.15) is 6.04 Å². The summed E-state index contributed by atoms with van der Waals surface area (Å²) in [4.78, 5) is 40.3. The molecule has 0 aliphatic rings. The first kappa shape index (κ1) is 22.7. The first-order chi connectivity index (χ1) is 15.7. The molecule has 164 valence electrons. The smallest absolute Gasteiger partial charge is 0.284 e. The third kappa shape index (κ3) is 7.07. The van der Waals surface area contributed by atoms with Crippen molar-refractivity contribution in [3.05, 3.63) is 90.2 Å². The molecule has 3 rings (SSSR count). The molecule has 0 bridgehead atoms. The Hall–Kier alpha value is -3.96. The van der Waals surface area contributed by atoms with Crippen LogP contribution < -0.4 is 10.1 Å². The zero-order chi connectivity index (χ0) is 22.6. The van der Waals surface area contributed by atoms with Crippen LogP contribution >= 0.6 is 0 Å². The molecule has 1 heterocycles. The van der Waals surface area contributed by atoms with Crippen molar-refractivity contribution in [2.24, 2.45) is 4.99 Å². The Bertz CT molecular complexity index is 1030. The largest absolute Gasteiger partial charge is 0.457 e. The molecule has 1 aromatic heterocycles. The van der Waals surface area contributed by atoms with E-state index in [0.717, 1.165) is 11.1 Å². The zero-order valence-corrected chi connectivity index (χ0v) is 17.5. The van der Waals surface area contributed by atoms with E-state index in [1.807, 2.05) is 60.7 Å². The SMILES string of the molecule is O=C=N[C@@H](Cc1ccccc1)C(=O)N[C@@H](CCc1ccccc1)C(=O)COc1ccco1. The average Bonchev–Trinajstić information content (AvgIpc) is 3.35. The van der Waals surface area contributed by atoms with Gasteiger partial charge in [-0.15, -0.1) is 0 Å². The molecule has 0 saturated heterocycles. The van der Waals surface area contributed by atoms with Crippen molar-refractivity contribution in [3.8, 4) is 5.95 Å². The fourth-order valence-electron chi connectivity index (χ4n) is 3.22. The molecule has 1 N–H and O–H groups in total. The molecular weight excluding hydrogens is 408 g/mol. The van der Waals surface area contributed by atoms with Gasteiger partial charge in [-0.3, -0.25) is 9.59 Å². The molecule has 32 heavy (non-hydrogen) atoms. The van der Waals surface area contributed by atoms with Gasteiger partial charge in [0.2, 0.25) is 12.0 Å². The average molecular weight is 432 g/mol. The maximum absolute atomic E-state index is 12.9. The lowest BCUT2D eigenvalue weighted by Crippen LogP contribution is -2.47. The fraction of sp³-hybridized carbons (Fsp3) is 0.240. The Morgan fingerprint density at radius 3 is 2.28 bits per heavy atom. The van der Waals surface area contributed by atoms with Gasteiger partial charge in [0.15, 0.2) is 12.4 Å². The molecule has 7 heteroatoms. The molecule has 0 unspecified atom stereocenters. The third-order valence-electron chi connectivity index (χ3n) is 4.90. The van der Waals surface area contributed by atoms with E-state index in [9.17, 15) is 14.4 Å². The van der Waals surface area contributed by atoms with Crippen LogP contribution in [-0.2, 0) is 27.2 Å². The van der Waals surface area contributed by atoms with Gasteiger partial charge in [0.05, 0.1) is 12.3 Å². The van der Waals surface area contributed by atoms with Gasteiger partial charge in [-0.1, -0.05) is 60.7 Å². The van der Waals surface area contributed by atoms with Crippen molar-refractivity contribution >= 4 is 17.8 Å². The Morgan fingerprint density at radius 1 is 0.969 bits per heavy atom. The van der Waals surface area contributed by atoms with Crippen LogP contribution in [0.2, 0.25) is 0 Å². The molecule has 0 aliphatic carbocycles. The highest BCUT2D eigenvalue weighted by Gasteiger charge is 2.26. The van der Waals surface area contributed by atoms with E-state index in [-0.39, 0.29) is 24.8 Å². The number of carbonyl (C=O) groups is 2. The van der Waals surface area contributed by atoms with Gasteiger partial charge >= 0.3 is 0 Å². The summed E-state index contributed by atoms with van der Waals surface area (Å²) in [5.74, 6) is -0.597. The summed E-state index contributed by atoms with van der Waals surface area (Å²) in [6.07, 6.45) is 4.09. The minimum Gasteiger partial charge on any atom is -0.457 e. The number of nitrogens with zero attached hydrogens (tertiary/aromatic N) is 1. The highest BCUT2D eigenvalue weighted by atomic mass is 16.6. The van der Waals surface area contributed by atoms with Gasteiger partial charge in [-0.05, 0) is 30.0 Å². The number of ether oxygens (including phenoxy) is 1. The van der Waals surface area contributed by atoms with E-state index < -0.39 is 18.0 Å². The van der Waals surface area contributed by atoms with Gasteiger partial charge in [-0.2, -0.15) is 4.99 Å². The first-order valence-electron chi connectivity index (χ1n) is 10.3. The minimum atomic E-state index is -0.979. The van der Waals surface area contributed by atoms with Crippen LogP contribution in [0.4, 0.5) is 0 Å². The van der Waals surface area contributed by atoms with E-state index in [2.05, 4.69) is 10.3 Å². The number of benzene rings is 2. The summed E-state index contributed by atoms with van der Waals surface area (Å²) in [6, 6.07) is 20.3. The quantitative estimate of drug-likeness (QED) is 0.350. The molecule has 0 spiro atoms. The Balaban J connectivity index is 1.68. The number of amides is 1. The van der Waals surface area contributed by atoms with Crippen LogP contribution in [0.5, 0.6) is 5.95 Å². The molecule has 0 fully saturated rings. The monoisotopic (exact) mass is 432 g/mol. The van der Waals surface area contributed by atoms with Gasteiger partial charge < -0.3 is 14.5 Å². The summed E-state index contributed by atoms with van der Waals surface area (Å²) < 4.78 is 10.5. The van der Waals surface area contributed by atoms with Crippen molar-refractivity contribution in [2.75, 3.05) is 6.61 Å². The van der Waals surface area contributed by atoms with Crippen LogP contribution in [0.3, 0.4) is 0 Å². The third-order valence-corrected chi connectivity index (χ3v) is 4.90. The summed E-state index contributed by atoms with van der Waals surface area (Å²) in [5.41, 5.74) is 1.89. The van der Waals surface area contributed by atoms with E-state index in [1.165, 1.54) is 12.3 Å². The Kier molecular flexibility index (Phi) is 8.54. The topological polar surface area (TPSA) is 98.0 Å². The van der Waals surface area contributed by atoms with Crippen molar-refractivity contribution < 1.29 is 23.5 Å². The van der Waals surface area contributed by atoms with E-state index in [0.29, 0.717) is 12.8 Å². The number of nitrogens with one attached hydrogen (secondary N) is 1. The second-order valence-corrected chi connectivity index (χ2v) is 7.20. The molecule has 0 radical (unpaired) electrons. The summed E-state index contributed by atoms with van der Waals surface area (Å²) >= 11 is 0. The van der Waals surface area contributed by atoms with E-state index >= 15 is 0 Å². The minimum absolute atomic E-state index is 0.221. The number of Topliss-reactive ketones (excluding diaryl/α,β-unsaturated/α-hetero) is 1. The lowest BCUT2D eigenvalue weighted by molar-refractivity contribution is -0.129. The van der Waals surface area contributed by atoms with Gasteiger partial charge in [0, 0.05) is 12.5 Å². The lowest BCUT2D eigenvalue weighted by atomic mass is 10.0. The highest BCUT2D eigenvalue weighted by Crippen LogP contribution is 2.12. The first-order valence-corrected chi connectivity index (χ1v) is 10.3. The normalized spacial score (nSPS) is 12.2. The molecule has 7 nitrogen and oxygen atoms in total. The van der Waals surface area contributed by atoms with Crippen molar-refractivity contribution in [2.45, 2.75) is 31.3 Å². The lowest BCUT2D eigenvalue weighted by Gasteiger charge is -2.20. The van der Waals surface area contributed by atoms with Crippen LogP contribution in [0.25, 0.3) is 0 Å². The fourth-order valence-corrected chi connectivity index (χ4v) is 3.22. The van der Waals surface area contributed by atoms with Gasteiger partial charge in [-0.25, -0.2) is 4.79 Å².